The van der Waals surface area contributed by atoms with Crippen LogP contribution in [0.15, 0.2) is 0 Å². The molecule has 1 atom stereocenters. The van der Waals surface area contributed by atoms with Gasteiger partial charge < -0.3 is 5.32 Å². The van der Waals surface area contributed by atoms with E-state index in [0.29, 0.717) is 16.9 Å². The molecular weight excluding hydrogens is 146 g/mol. The smallest absolute Gasteiger partial charge is 0.00874 e. The van der Waals surface area contributed by atoms with Gasteiger partial charge in [0, 0.05) is 12.6 Å². The number of rotatable bonds is 2. The summed E-state index contributed by atoms with van der Waals surface area (Å²) in [5.74, 6) is 0. The van der Waals surface area contributed by atoms with Crippen molar-refractivity contribution in [2.45, 2.75) is 54.5 Å². The van der Waals surface area contributed by atoms with Crippen molar-refractivity contribution in [2.24, 2.45) is 10.8 Å². The molecule has 0 aliphatic carbocycles. The molecule has 1 nitrogen and oxygen atoms in total. The Bertz CT molecular complexity index is 125. The predicted octanol–water partition coefficient (Wildman–Crippen LogP) is 3.06. The molecule has 0 fully saturated rings. The molecule has 0 heterocycles. The summed E-state index contributed by atoms with van der Waals surface area (Å²) < 4.78 is 0. The number of hydrogen-bond acceptors (Lipinski definition) is 1. The highest BCUT2D eigenvalue weighted by Gasteiger charge is 2.21. The minimum atomic E-state index is 0.366. The van der Waals surface area contributed by atoms with E-state index >= 15 is 0 Å². The molecule has 0 radical (unpaired) electrons. The highest BCUT2D eigenvalue weighted by atomic mass is 14.9. The van der Waals surface area contributed by atoms with Gasteiger partial charge in [-0.05, 0) is 17.8 Å². The SMILES string of the molecule is C[C@@H](NCC(C)(C)C)C(C)(C)C. The van der Waals surface area contributed by atoms with Crippen LogP contribution in [-0.2, 0) is 0 Å². The molecule has 0 saturated heterocycles. The predicted molar refractivity (Wildman–Crippen MR) is 56.4 cm³/mol. The summed E-state index contributed by atoms with van der Waals surface area (Å²) in [6, 6.07) is 0.580. The molecule has 0 amide bonds. The van der Waals surface area contributed by atoms with Gasteiger partial charge in [-0.3, -0.25) is 0 Å². The maximum Gasteiger partial charge on any atom is 0.00874 e. The lowest BCUT2D eigenvalue weighted by atomic mass is 9.87. The van der Waals surface area contributed by atoms with Gasteiger partial charge in [0.1, 0.15) is 0 Å². The summed E-state index contributed by atoms with van der Waals surface area (Å²) in [5.41, 5.74) is 0.755. The summed E-state index contributed by atoms with van der Waals surface area (Å²) in [5, 5.41) is 3.56. The zero-order chi connectivity index (χ0) is 9.99. The fourth-order valence-electron chi connectivity index (χ4n) is 0.765. The third-order valence-corrected chi connectivity index (χ3v) is 2.24. The highest BCUT2D eigenvalue weighted by molar-refractivity contribution is 4.78. The van der Waals surface area contributed by atoms with Gasteiger partial charge in [-0.25, -0.2) is 0 Å². The van der Waals surface area contributed by atoms with E-state index in [-0.39, 0.29) is 0 Å². The molecule has 0 aromatic carbocycles. The molecule has 0 aromatic rings. The largest absolute Gasteiger partial charge is 0.313 e. The lowest BCUT2D eigenvalue weighted by molar-refractivity contribution is 0.253. The van der Waals surface area contributed by atoms with E-state index in [4.69, 9.17) is 0 Å². The Hall–Kier alpha value is -0.0400. The van der Waals surface area contributed by atoms with Crippen LogP contribution in [0, 0.1) is 10.8 Å². The Morgan fingerprint density at radius 1 is 1.00 bits per heavy atom. The topological polar surface area (TPSA) is 12.0 Å². The lowest BCUT2D eigenvalue weighted by Crippen LogP contribution is -2.41. The molecule has 0 spiro atoms. The van der Waals surface area contributed by atoms with Crippen LogP contribution in [0.4, 0.5) is 0 Å². The highest BCUT2D eigenvalue weighted by Crippen LogP contribution is 2.20. The lowest BCUT2D eigenvalue weighted by Gasteiger charge is -2.31. The van der Waals surface area contributed by atoms with Gasteiger partial charge in [-0.2, -0.15) is 0 Å². The Labute approximate surface area is 77.9 Å². The summed E-state index contributed by atoms with van der Waals surface area (Å²) in [6.07, 6.45) is 0. The van der Waals surface area contributed by atoms with Crippen molar-refractivity contribution < 1.29 is 0 Å². The van der Waals surface area contributed by atoms with E-state index in [2.05, 4.69) is 53.8 Å². The average Bonchev–Trinajstić information content (AvgIpc) is 1.78. The Kier molecular flexibility index (Phi) is 3.77. The van der Waals surface area contributed by atoms with Crippen LogP contribution in [0.2, 0.25) is 0 Å². The molecule has 0 bridgehead atoms. The first-order valence-electron chi connectivity index (χ1n) is 4.86. The van der Waals surface area contributed by atoms with Crippen molar-refractivity contribution in [3.05, 3.63) is 0 Å². The Morgan fingerprint density at radius 2 is 1.42 bits per heavy atom. The van der Waals surface area contributed by atoms with E-state index < -0.39 is 0 Å². The first-order valence-corrected chi connectivity index (χ1v) is 4.86. The van der Waals surface area contributed by atoms with Gasteiger partial charge in [-0.1, -0.05) is 41.5 Å². The molecule has 0 aliphatic rings. The summed E-state index contributed by atoms with van der Waals surface area (Å²) in [7, 11) is 0. The van der Waals surface area contributed by atoms with Crippen molar-refractivity contribution in [1.82, 2.24) is 5.32 Å². The minimum Gasteiger partial charge on any atom is -0.313 e. The van der Waals surface area contributed by atoms with Crippen LogP contribution < -0.4 is 5.32 Å². The van der Waals surface area contributed by atoms with Crippen LogP contribution in [-0.4, -0.2) is 12.6 Å². The van der Waals surface area contributed by atoms with Crippen molar-refractivity contribution in [3.63, 3.8) is 0 Å². The Balaban J connectivity index is 3.80. The minimum absolute atomic E-state index is 0.366. The molecular formula is C11H25N. The van der Waals surface area contributed by atoms with Gasteiger partial charge in [0.15, 0.2) is 0 Å². The van der Waals surface area contributed by atoms with Gasteiger partial charge in [-0.15, -0.1) is 0 Å². The third kappa shape index (κ3) is 5.59. The molecule has 74 valence electrons. The maximum atomic E-state index is 3.56. The monoisotopic (exact) mass is 171 g/mol. The van der Waals surface area contributed by atoms with Crippen LogP contribution in [0.1, 0.15) is 48.5 Å². The zero-order valence-electron chi connectivity index (χ0n) is 9.78. The molecule has 1 N–H and O–H groups in total. The second-order valence-electron chi connectivity index (χ2n) is 6.03. The van der Waals surface area contributed by atoms with E-state index in [1.807, 2.05) is 0 Å². The molecule has 12 heavy (non-hydrogen) atoms. The van der Waals surface area contributed by atoms with Crippen LogP contribution >= 0.6 is 0 Å². The zero-order valence-corrected chi connectivity index (χ0v) is 9.78. The van der Waals surface area contributed by atoms with Crippen molar-refractivity contribution in [3.8, 4) is 0 Å². The van der Waals surface area contributed by atoms with Gasteiger partial charge in [0.2, 0.25) is 0 Å². The molecule has 0 aliphatic heterocycles. The number of hydrogen-bond donors (Lipinski definition) is 1. The molecule has 0 aromatic heterocycles. The van der Waals surface area contributed by atoms with Gasteiger partial charge in [0.25, 0.3) is 0 Å². The molecule has 1 heteroatoms. The van der Waals surface area contributed by atoms with Crippen LogP contribution in [0.5, 0.6) is 0 Å². The third-order valence-electron chi connectivity index (χ3n) is 2.24. The first kappa shape index (κ1) is 12.0. The van der Waals surface area contributed by atoms with Crippen molar-refractivity contribution >= 4 is 0 Å². The quantitative estimate of drug-likeness (QED) is 0.673. The second-order valence-corrected chi connectivity index (χ2v) is 6.03. The fourth-order valence-corrected chi connectivity index (χ4v) is 0.765. The second kappa shape index (κ2) is 3.78. The van der Waals surface area contributed by atoms with Crippen molar-refractivity contribution in [2.75, 3.05) is 6.54 Å². The standard InChI is InChI=1S/C11H25N/c1-9(11(5,6)7)12-8-10(2,3)4/h9,12H,8H2,1-7H3/t9-/m1/s1. The van der Waals surface area contributed by atoms with E-state index in [0.717, 1.165) is 6.54 Å². The Morgan fingerprint density at radius 3 is 1.67 bits per heavy atom. The van der Waals surface area contributed by atoms with E-state index in [1.165, 1.54) is 0 Å². The average molecular weight is 171 g/mol. The summed E-state index contributed by atoms with van der Waals surface area (Å²) in [6.45, 7) is 16.9. The summed E-state index contributed by atoms with van der Waals surface area (Å²) in [4.78, 5) is 0. The molecule has 0 unspecified atom stereocenters. The van der Waals surface area contributed by atoms with Crippen LogP contribution in [0.3, 0.4) is 0 Å². The fraction of sp³-hybridized carbons (Fsp3) is 1.00. The first-order chi connectivity index (χ1) is 5.13. The van der Waals surface area contributed by atoms with Gasteiger partial charge >= 0.3 is 0 Å². The van der Waals surface area contributed by atoms with E-state index in [1.54, 1.807) is 0 Å². The van der Waals surface area contributed by atoms with Crippen molar-refractivity contribution in [1.29, 1.82) is 0 Å². The normalized spacial score (nSPS) is 16.2. The summed E-state index contributed by atoms with van der Waals surface area (Å²) >= 11 is 0. The number of nitrogens with one attached hydrogen (secondary N) is 1. The maximum absolute atomic E-state index is 3.56. The van der Waals surface area contributed by atoms with E-state index in [9.17, 15) is 0 Å². The molecule has 0 saturated carbocycles. The van der Waals surface area contributed by atoms with Crippen LogP contribution in [0.25, 0.3) is 0 Å². The van der Waals surface area contributed by atoms with Gasteiger partial charge in [0.05, 0.1) is 0 Å². The molecule has 0 rings (SSSR count).